The lowest BCUT2D eigenvalue weighted by Crippen LogP contribution is -2.29. The Morgan fingerprint density at radius 1 is 1.02 bits per heavy atom. The van der Waals surface area contributed by atoms with E-state index in [1.165, 1.54) is 7.11 Å². The zero-order chi connectivity index (χ0) is 29.1. The molecule has 3 heterocycles. The number of methoxy groups -OCH3 is 2. The number of esters is 1. The van der Waals surface area contributed by atoms with Crippen molar-refractivity contribution in [1.82, 2.24) is 14.9 Å². The Morgan fingerprint density at radius 3 is 2.44 bits per heavy atom. The van der Waals surface area contributed by atoms with Gasteiger partial charge in [-0.05, 0) is 92.3 Å². The number of thiocarbonyl (C=S) groups is 1. The van der Waals surface area contributed by atoms with E-state index in [1.807, 2.05) is 48.5 Å². The van der Waals surface area contributed by atoms with Gasteiger partial charge in [0.05, 0.1) is 42.1 Å². The Bertz CT molecular complexity index is 1560. The van der Waals surface area contributed by atoms with Crippen LogP contribution in [-0.2, 0) is 9.47 Å². The second-order valence-corrected chi connectivity index (χ2v) is 10.4. The third-order valence-corrected chi connectivity index (χ3v) is 7.78. The number of carbonyl (C=O) groups excluding carboxylic acids is 1. The number of rotatable bonds is 9. The largest absolute Gasteiger partial charge is 0.490 e. The van der Waals surface area contributed by atoms with Crippen LogP contribution in [0.2, 0.25) is 5.02 Å². The molecule has 5 rings (SSSR count). The molecular formula is C31H31ClN4O4S. The molecule has 1 fully saturated rings. The minimum Gasteiger partial charge on any atom is -0.490 e. The van der Waals surface area contributed by atoms with Gasteiger partial charge in [-0.2, -0.15) is 0 Å². The molecule has 1 N–H and O–H groups in total. The van der Waals surface area contributed by atoms with E-state index in [9.17, 15) is 4.79 Å². The van der Waals surface area contributed by atoms with Crippen molar-refractivity contribution in [3.63, 3.8) is 0 Å². The zero-order valence-corrected chi connectivity index (χ0v) is 24.8. The Labute approximate surface area is 249 Å². The van der Waals surface area contributed by atoms with Crippen molar-refractivity contribution < 1.29 is 19.0 Å². The predicted octanol–water partition coefficient (Wildman–Crippen LogP) is 6.13. The molecule has 0 amide bonds. The molecule has 0 radical (unpaired) electrons. The number of anilines is 1. The number of benzene rings is 2. The van der Waals surface area contributed by atoms with Gasteiger partial charge >= 0.3 is 5.97 Å². The average Bonchev–Trinajstić information content (AvgIpc) is 3.48. The number of nitrogens with zero attached hydrogens (tertiary/aromatic N) is 3. The molecule has 2 atom stereocenters. The highest BCUT2D eigenvalue weighted by Crippen LogP contribution is 2.45. The summed E-state index contributed by atoms with van der Waals surface area (Å²) in [7, 11) is 3.00. The fourth-order valence-electron chi connectivity index (χ4n) is 5.29. The summed E-state index contributed by atoms with van der Waals surface area (Å²) >= 11 is 12.6. The smallest absolute Gasteiger partial charge is 0.337 e. The lowest BCUT2D eigenvalue weighted by molar-refractivity contribution is 0.0600. The van der Waals surface area contributed by atoms with Crippen molar-refractivity contribution in [1.29, 1.82) is 0 Å². The molecule has 41 heavy (non-hydrogen) atoms. The zero-order valence-electron chi connectivity index (χ0n) is 23.3. The first-order chi connectivity index (χ1) is 19.8. The monoisotopic (exact) mass is 590 g/mol. The van der Waals surface area contributed by atoms with Crippen LogP contribution in [0.25, 0.3) is 5.69 Å². The minimum absolute atomic E-state index is 0.212. The number of aromatic nitrogens is 2. The van der Waals surface area contributed by atoms with Gasteiger partial charge in [0.2, 0.25) is 0 Å². The van der Waals surface area contributed by atoms with E-state index in [0.717, 1.165) is 34.0 Å². The van der Waals surface area contributed by atoms with Crippen molar-refractivity contribution >= 4 is 40.6 Å². The highest BCUT2D eigenvalue weighted by atomic mass is 35.5. The molecule has 0 saturated carbocycles. The van der Waals surface area contributed by atoms with Crippen molar-refractivity contribution in [2.45, 2.75) is 25.9 Å². The summed E-state index contributed by atoms with van der Waals surface area (Å²) in [5.74, 6) is 0.211. The molecule has 4 aromatic rings. The molecule has 8 nitrogen and oxygen atoms in total. The summed E-state index contributed by atoms with van der Waals surface area (Å²) in [5.41, 5.74) is 6.31. The Balaban J connectivity index is 1.58. The standard InChI is InChI=1S/C31H31ClN4O4S/c1-19-17-24(20(2)35(19)22-10-8-21(9-11-22)30(37)39-4)29-28(26-7-5-6-14-33-26)34-31(41)36(29)23-12-13-27(25(32)18-23)40-16-15-38-3/h5-14,17-18,28-29H,15-16H2,1-4H3,(H,34,41)/t28-,29+/m0/s1. The molecule has 0 bridgehead atoms. The van der Waals surface area contributed by atoms with Gasteiger partial charge in [-0.3, -0.25) is 4.98 Å². The van der Waals surface area contributed by atoms with Crippen LogP contribution in [0.15, 0.2) is 72.9 Å². The van der Waals surface area contributed by atoms with E-state index in [-0.39, 0.29) is 18.1 Å². The van der Waals surface area contributed by atoms with Crippen LogP contribution in [0.3, 0.4) is 0 Å². The second-order valence-electron chi connectivity index (χ2n) is 9.65. The molecule has 1 aliphatic heterocycles. The lowest BCUT2D eigenvalue weighted by atomic mass is 9.96. The summed E-state index contributed by atoms with van der Waals surface area (Å²) in [6.45, 7) is 5.02. The molecule has 0 unspecified atom stereocenters. The molecule has 0 aliphatic carbocycles. The Kier molecular flexibility index (Phi) is 8.58. The van der Waals surface area contributed by atoms with Crippen molar-refractivity contribution in [3.05, 3.63) is 106 Å². The van der Waals surface area contributed by atoms with Crippen LogP contribution in [0.4, 0.5) is 5.69 Å². The third-order valence-electron chi connectivity index (χ3n) is 7.17. The Morgan fingerprint density at radius 2 is 1.78 bits per heavy atom. The molecular weight excluding hydrogens is 560 g/mol. The molecule has 2 aromatic carbocycles. The molecule has 2 aromatic heterocycles. The summed E-state index contributed by atoms with van der Waals surface area (Å²) in [4.78, 5) is 18.7. The second kappa shape index (κ2) is 12.3. The highest BCUT2D eigenvalue weighted by molar-refractivity contribution is 7.80. The molecule has 0 spiro atoms. The van der Waals surface area contributed by atoms with Gasteiger partial charge in [-0.1, -0.05) is 17.7 Å². The van der Waals surface area contributed by atoms with Gasteiger partial charge in [0.25, 0.3) is 0 Å². The number of halogens is 1. The van der Waals surface area contributed by atoms with Gasteiger partial charge in [0.1, 0.15) is 12.4 Å². The quantitative estimate of drug-likeness (QED) is 0.142. The van der Waals surface area contributed by atoms with E-state index in [0.29, 0.717) is 34.7 Å². The maximum Gasteiger partial charge on any atom is 0.337 e. The number of hydrogen-bond donors (Lipinski definition) is 1. The predicted molar refractivity (Wildman–Crippen MR) is 163 cm³/mol. The first kappa shape index (κ1) is 28.6. The fourth-order valence-corrected chi connectivity index (χ4v) is 5.86. The van der Waals surface area contributed by atoms with Crippen LogP contribution >= 0.6 is 23.8 Å². The number of pyridine rings is 1. The van der Waals surface area contributed by atoms with Crippen molar-refractivity contribution in [3.8, 4) is 11.4 Å². The molecule has 10 heteroatoms. The van der Waals surface area contributed by atoms with Gasteiger partial charge in [-0.15, -0.1) is 0 Å². The van der Waals surface area contributed by atoms with E-state index in [4.69, 9.17) is 38.0 Å². The van der Waals surface area contributed by atoms with Gasteiger partial charge in [0.15, 0.2) is 5.11 Å². The maximum atomic E-state index is 12.0. The van der Waals surface area contributed by atoms with Crippen LogP contribution < -0.4 is 15.0 Å². The number of hydrogen-bond acceptors (Lipinski definition) is 6. The molecule has 1 saturated heterocycles. The van der Waals surface area contributed by atoms with E-state index >= 15 is 0 Å². The summed E-state index contributed by atoms with van der Waals surface area (Å²) in [6, 6.07) is 20.7. The average molecular weight is 591 g/mol. The van der Waals surface area contributed by atoms with E-state index < -0.39 is 0 Å². The first-order valence-electron chi connectivity index (χ1n) is 13.1. The maximum absolute atomic E-state index is 12.0. The highest BCUT2D eigenvalue weighted by Gasteiger charge is 2.42. The van der Waals surface area contributed by atoms with E-state index in [1.54, 1.807) is 25.4 Å². The Hall–Kier alpha value is -3.92. The SMILES string of the molecule is COCCOc1ccc(N2C(=S)N[C@@H](c3ccccn3)[C@H]2c2cc(C)n(-c3ccc(C(=O)OC)cc3)c2C)cc1Cl. The number of ether oxygens (including phenoxy) is 3. The van der Waals surface area contributed by atoms with Crippen LogP contribution in [0.5, 0.6) is 5.75 Å². The number of aryl methyl sites for hydroxylation is 1. The van der Waals surface area contributed by atoms with Crippen LogP contribution in [0.1, 0.15) is 45.1 Å². The summed E-state index contributed by atoms with van der Waals surface area (Å²) in [5, 5.41) is 4.56. The topological polar surface area (TPSA) is 77.9 Å². The number of carbonyl (C=O) groups is 1. The van der Waals surface area contributed by atoms with Crippen LogP contribution in [-0.4, -0.2) is 48.1 Å². The first-order valence-corrected chi connectivity index (χ1v) is 13.9. The summed E-state index contributed by atoms with van der Waals surface area (Å²) in [6.07, 6.45) is 1.79. The molecule has 1 aliphatic rings. The fraction of sp³-hybridized carbons (Fsp3) is 0.258. The lowest BCUT2D eigenvalue weighted by Gasteiger charge is -2.28. The van der Waals surface area contributed by atoms with Gasteiger partial charge in [-0.25, -0.2) is 4.79 Å². The van der Waals surface area contributed by atoms with Gasteiger partial charge in [0, 0.05) is 36.1 Å². The van der Waals surface area contributed by atoms with Gasteiger partial charge < -0.3 is 29.0 Å². The van der Waals surface area contributed by atoms with Crippen molar-refractivity contribution in [2.24, 2.45) is 0 Å². The summed E-state index contributed by atoms with van der Waals surface area (Å²) < 4.78 is 17.9. The minimum atomic E-state index is -0.369. The molecule has 212 valence electrons. The van der Waals surface area contributed by atoms with Crippen molar-refractivity contribution in [2.75, 3.05) is 32.3 Å². The van der Waals surface area contributed by atoms with E-state index in [2.05, 4.69) is 39.7 Å². The van der Waals surface area contributed by atoms with Crippen LogP contribution in [0, 0.1) is 13.8 Å². The number of nitrogens with one attached hydrogen (secondary N) is 1. The third kappa shape index (κ3) is 5.66. The normalized spacial score (nSPS) is 16.5.